The van der Waals surface area contributed by atoms with E-state index in [2.05, 4.69) is 41.6 Å². The summed E-state index contributed by atoms with van der Waals surface area (Å²) in [7, 11) is 4.17. The topological polar surface area (TPSA) is 40.4 Å². The van der Waals surface area contributed by atoms with Gasteiger partial charge in [0.05, 0.1) is 18.8 Å². The van der Waals surface area contributed by atoms with Gasteiger partial charge in [0, 0.05) is 11.8 Å². The maximum atomic E-state index is 14.1. The largest absolute Gasteiger partial charge is 0.436 e. The molecular formula is C26H28F2N4O. The van der Waals surface area contributed by atoms with Crippen molar-refractivity contribution in [2.75, 3.05) is 32.1 Å². The summed E-state index contributed by atoms with van der Waals surface area (Å²) >= 11 is 0. The lowest BCUT2D eigenvalue weighted by Gasteiger charge is -2.18. The second-order valence-corrected chi connectivity index (χ2v) is 8.45. The predicted octanol–water partition coefficient (Wildman–Crippen LogP) is 5.32. The summed E-state index contributed by atoms with van der Waals surface area (Å²) in [6, 6.07) is 10.5. The van der Waals surface area contributed by atoms with Crippen LogP contribution in [-0.4, -0.2) is 44.1 Å². The Labute approximate surface area is 193 Å². The number of anilines is 1. The van der Waals surface area contributed by atoms with Crippen LogP contribution >= 0.6 is 0 Å². The molecule has 0 saturated carbocycles. The zero-order chi connectivity index (χ0) is 23.4. The van der Waals surface area contributed by atoms with Gasteiger partial charge in [-0.25, -0.2) is 9.38 Å². The number of aliphatic imine (C=N–C) groups is 2. The van der Waals surface area contributed by atoms with Gasteiger partial charge in [-0.1, -0.05) is 24.3 Å². The van der Waals surface area contributed by atoms with Crippen LogP contribution < -0.4 is 9.64 Å². The molecule has 0 aromatic heterocycles. The number of fused-ring (bicyclic) bond motifs is 1. The molecule has 2 heterocycles. The van der Waals surface area contributed by atoms with Gasteiger partial charge in [-0.2, -0.15) is 4.39 Å². The smallest absolute Gasteiger partial charge is 0.203 e. The van der Waals surface area contributed by atoms with Crippen LogP contribution in [-0.2, 0) is 6.54 Å². The van der Waals surface area contributed by atoms with E-state index in [1.54, 1.807) is 4.90 Å². The number of nitrogens with zero attached hydrogens (tertiary/aromatic N) is 4. The van der Waals surface area contributed by atoms with E-state index in [-0.39, 0.29) is 11.6 Å². The summed E-state index contributed by atoms with van der Waals surface area (Å²) in [5, 5.41) is 0. The Kier molecular flexibility index (Phi) is 6.99. The standard InChI is InChI=1S/C26H28F2N4O/c1-18-32(23-11-10-22(27)24(28)25(23)33-18)17-20-8-6-9-21(15-20)26-29-13-12-19(16-30-26)7-4-5-14-31(2)3/h6,8-12,15-16H,1,4-5,7,13-14,17H2,2-3H3. The Hall–Kier alpha value is -3.32. The SMILES string of the molecule is C=C1Oc2c(ccc(F)c2F)N1Cc1cccc(C2=NCC=C(CCCCN(C)C)C=N2)c1. The van der Waals surface area contributed by atoms with Gasteiger partial charge in [-0.05, 0) is 75.8 Å². The van der Waals surface area contributed by atoms with Crippen molar-refractivity contribution >= 4 is 17.7 Å². The lowest BCUT2D eigenvalue weighted by Crippen LogP contribution is -2.18. The Bertz CT molecular complexity index is 1140. The third-order valence-corrected chi connectivity index (χ3v) is 5.63. The van der Waals surface area contributed by atoms with Crippen LogP contribution in [0.25, 0.3) is 0 Å². The van der Waals surface area contributed by atoms with E-state index < -0.39 is 11.6 Å². The summed E-state index contributed by atoms with van der Waals surface area (Å²) in [4.78, 5) is 13.2. The van der Waals surface area contributed by atoms with Crippen molar-refractivity contribution in [1.82, 2.24) is 4.90 Å². The third kappa shape index (κ3) is 5.37. The van der Waals surface area contributed by atoms with Gasteiger partial charge < -0.3 is 14.5 Å². The first kappa shape index (κ1) is 22.9. The number of amidine groups is 1. The van der Waals surface area contributed by atoms with Crippen molar-refractivity contribution in [3.63, 3.8) is 0 Å². The molecule has 0 unspecified atom stereocenters. The molecule has 5 nitrogen and oxygen atoms in total. The van der Waals surface area contributed by atoms with Gasteiger partial charge in [0.15, 0.2) is 23.3 Å². The first-order valence-electron chi connectivity index (χ1n) is 11.1. The maximum Gasteiger partial charge on any atom is 0.203 e. The fourth-order valence-electron chi connectivity index (χ4n) is 3.88. The molecule has 0 radical (unpaired) electrons. The molecule has 4 rings (SSSR count). The molecule has 0 N–H and O–H groups in total. The van der Waals surface area contributed by atoms with Crippen molar-refractivity contribution in [2.24, 2.45) is 9.98 Å². The molecule has 0 amide bonds. The number of halogens is 2. The molecule has 0 aliphatic carbocycles. The fraction of sp³-hybridized carbons (Fsp3) is 0.308. The number of benzene rings is 2. The van der Waals surface area contributed by atoms with Crippen molar-refractivity contribution in [2.45, 2.75) is 25.8 Å². The van der Waals surface area contributed by atoms with Crippen molar-refractivity contribution in [3.8, 4) is 5.75 Å². The van der Waals surface area contributed by atoms with Crippen molar-refractivity contribution < 1.29 is 13.5 Å². The molecule has 2 aliphatic rings. The van der Waals surface area contributed by atoms with Crippen LogP contribution in [0.3, 0.4) is 0 Å². The van der Waals surface area contributed by atoms with E-state index in [0.717, 1.165) is 43.0 Å². The molecule has 33 heavy (non-hydrogen) atoms. The number of hydrogen-bond donors (Lipinski definition) is 0. The summed E-state index contributed by atoms with van der Waals surface area (Å²) < 4.78 is 33.0. The Morgan fingerprint density at radius 2 is 2.00 bits per heavy atom. The molecule has 0 atom stereocenters. The number of allylic oxidation sites excluding steroid dienone is 1. The molecule has 0 spiro atoms. The maximum absolute atomic E-state index is 14.1. The van der Waals surface area contributed by atoms with Gasteiger partial charge >= 0.3 is 0 Å². The molecule has 2 aromatic rings. The van der Waals surface area contributed by atoms with Crippen LogP contribution in [0.1, 0.15) is 30.4 Å². The summed E-state index contributed by atoms with van der Waals surface area (Å²) in [6.07, 6.45) is 7.31. The van der Waals surface area contributed by atoms with E-state index >= 15 is 0 Å². The van der Waals surface area contributed by atoms with Crippen LogP contribution in [0, 0.1) is 11.6 Å². The average molecular weight is 451 g/mol. The van der Waals surface area contributed by atoms with E-state index in [1.807, 2.05) is 30.5 Å². The summed E-state index contributed by atoms with van der Waals surface area (Å²) in [5.41, 5.74) is 3.52. The van der Waals surface area contributed by atoms with Gasteiger partial charge in [0.2, 0.25) is 5.82 Å². The quantitative estimate of drug-likeness (QED) is 0.511. The number of rotatable bonds is 8. The molecule has 7 heteroatoms. The third-order valence-electron chi connectivity index (χ3n) is 5.63. The molecule has 172 valence electrons. The Morgan fingerprint density at radius 1 is 1.15 bits per heavy atom. The highest BCUT2D eigenvalue weighted by Gasteiger charge is 2.29. The number of unbranched alkanes of at least 4 members (excludes halogenated alkanes) is 1. The summed E-state index contributed by atoms with van der Waals surface area (Å²) in [5.74, 6) is -1.13. The molecule has 2 aromatic carbocycles. The second kappa shape index (κ2) is 10.1. The zero-order valence-electron chi connectivity index (χ0n) is 19.0. The predicted molar refractivity (Wildman–Crippen MR) is 129 cm³/mol. The number of ether oxygens (including phenoxy) is 1. The zero-order valence-corrected chi connectivity index (χ0v) is 19.0. The molecule has 2 aliphatic heterocycles. The highest BCUT2D eigenvalue weighted by atomic mass is 19.2. The lowest BCUT2D eigenvalue weighted by molar-refractivity contribution is 0.395. The van der Waals surface area contributed by atoms with Crippen LogP contribution in [0.4, 0.5) is 14.5 Å². The first-order valence-corrected chi connectivity index (χ1v) is 11.1. The molecule has 0 fully saturated rings. The minimum Gasteiger partial charge on any atom is -0.436 e. The van der Waals surface area contributed by atoms with E-state index in [0.29, 0.717) is 24.6 Å². The highest BCUT2D eigenvalue weighted by Crippen LogP contribution is 2.42. The Morgan fingerprint density at radius 3 is 2.82 bits per heavy atom. The van der Waals surface area contributed by atoms with Crippen LogP contribution in [0.15, 0.2) is 70.5 Å². The monoisotopic (exact) mass is 450 g/mol. The second-order valence-electron chi connectivity index (χ2n) is 8.45. The van der Waals surface area contributed by atoms with E-state index in [4.69, 9.17) is 4.74 Å². The molecule has 0 bridgehead atoms. The number of hydrogen-bond acceptors (Lipinski definition) is 5. The molecular weight excluding hydrogens is 422 g/mol. The Balaban J connectivity index is 1.44. The van der Waals surface area contributed by atoms with Crippen molar-refractivity contribution in [3.05, 3.63) is 83.3 Å². The van der Waals surface area contributed by atoms with Crippen LogP contribution in [0.2, 0.25) is 0 Å². The normalized spacial score (nSPS) is 15.3. The van der Waals surface area contributed by atoms with Gasteiger partial charge in [-0.3, -0.25) is 4.99 Å². The molecule has 0 saturated heterocycles. The van der Waals surface area contributed by atoms with E-state index in [1.165, 1.54) is 11.6 Å². The van der Waals surface area contributed by atoms with Crippen molar-refractivity contribution in [1.29, 1.82) is 0 Å². The minimum atomic E-state index is -1.00. The lowest BCUT2D eigenvalue weighted by atomic mass is 10.1. The van der Waals surface area contributed by atoms with Gasteiger partial charge in [0.1, 0.15) is 0 Å². The van der Waals surface area contributed by atoms with Gasteiger partial charge in [0.25, 0.3) is 0 Å². The van der Waals surface area contributed by atoms with E-state index in [9.17, 15) is 8.78 Å². The first-order chi connectivity index (χ1) is 15.9. The average Bonchev–Trinajstić information content (AvgIpc) is 2.96. The minimum absolute atomic E-state index is 0.127. The van der Waals surface area contributed by atoms with Crippen LogP contribution in [0.5, 0.6) is 5.75 Å². The summed E-state index contributed by atoms with van der Waals surface area (Å²) in [6.45, 7) is 5.93. The highest BCUT2D eigenvalue weighted by molar-refractivity contribution is 6.05. The fourth-order valence-corrected chi connectivity index (χ4v) is 3.88. The van der Waals surface area contributed by atoms with Gasteiger partial charge in [-0.15, -0.1) is 0 Å².